The normalized spacial score (nSPS) is 27.7. The minimum Gasteiger partial charge on any atom is -0.443 e. The Morgan fingerprint density at radius 3 is 3.08 bits per heavy atom. The largest absolute Gasteiger partial charge is 0.443 e. The van der Waals surface area contributed by atoms with Gasteiger partial charge in [-0.05, 0) is 5.53 Å². The van der Waals surface area contributed by atoms with Crippen LogP contribution in [0.15, 0.2) is 5.11 Å². The minimum atomic E-state index is -0.886. The molecule has 0 spiro atoms. The Balaban J connectivity index is 2.51. The van der Waals surface area contributed by atoms with Crippen molar-refractivity contribution >= 4 is 6.09 Å². The first-order chi connectivity index (χ1) is 5.74. The van der Waals surface area contributed by atoms with Crippen LogP contribution in [0.1, 0.15) is 0 Å². The molecule has 0 aromatic rings. The molecule has 0 aromatic carbocycles. The summed E-state index contributed by atoms with van der Waals surface area (Å²) in [5.41, 5.74) is 12.9. The van der Waals surface area contributed by atoms with E-state index in [1.807, 2.05) is 0 Å². The van der Waals surface area contributed by atoms with Crippen LogP contribution in [0.5, 0.6) is 0 Å². The first-order valence-electron chi connectivity index (χ1n) is 3.32. The summed E-state index contributed by atoms with van der Waals surface area (Å²) >= 11 is 0. The number of primary amides is 1. The summed E-state index contributed by atoms with van der Waals surface area (Å²) in [5, 5.41) is 3.38. The van der Waals surface area contributed by atoms with Crippen molar-refractivity contribution in [2.45, 2.75) is 12.1 Å². The van der Waals surface area contributed by atoms with Crippen molar-refractivity contribution in [3.8, 4) is 0 Å². The van der Waals surface area contributed by atoms with E-state index in [0.717, 1.165) is 0 Å². The zero-order valence-electron chi connectivity index (χ0n) is 6.21. The summed E-state index contributed by atoms with van der Waals surface area (Å²) < 4.78 is 9.55. The Morgan fingerprint density at radius 2 is 2.50 bits per heavy atom. The molecule has 2 N–H and O–H groups in total. The van der Waals surface area contributed by atoms with E-state index in [2.05, 4.69) is 14.8 Å². The lowest BCUT2D eigenvalue weighted by atomic mass is 10.2. The predicted octanol–water partition coefficient (Wildman–Crippen LogP) is 0.159. The molecule has 1 fully saturated rings. The van der Waals surface area contributed by atoms with Crippen LogP contribution in [0, 0.1) is 0 Å². The van der Waals surface area contributed by atoms with Crippen molar-refractivity contribution in [3.05, 3.63) is 10.4 Å². The van der Waals surface area contributed by atoms with E-state index < -0.39 is 18.2 Å². The van der Waals surface area contributed by atoms with Crippen molar-refractivity contribution in [1.82, 2.24) is 0 Å². The molecule has 1 saturated heterocycles. The third kappa shape index (κ3) is 2.01. The number of nitrogens with two attached hydrogens (primary N) is 1. The van der Waals surface area contributed by atoms with Crippen molar-refractivity contribution in [2.75, 3.05) is 13.2 Å². The summed E-state index contributed by atoms with van der Waals surface area (Å²) in [4.78, 5) is 12.9. The maximum atomic E-state index is 10.3. The molecule has 0 aliphatic carbocycles. The van der Waals surface area contributed by atoms with Crippen LogP contribution < -0.4 is 5.73 Å². The SMILES string of the molecule is [N-]=[N+]=N[C@H]1COC[C@@H]1OC(N)=O. The first-order valence-corrected chi connectivity index (χ1v) is 3.32. The smallest absolute Gasteiger partial charge is 0.404 e. The average Bonchev–Trinajstić information content (AvgIpc) is 2.37. The molecule has 66 valence electrons. The molecule has 0 aromatic heterocycles. The third-order valence-electron chi connectivity index (χ3n) is 1.47. The molecule has 1 aliphatic heterocycles. The second-order valence-electron chi connectivity index (χ2n) is 2.29. The quantitative estimate of drug-likeness (QED) is 0.363. The number of amides is 1. The van der Waals surface area contributed by atoms with Crippen molar-refractivity contribution < 1.29 is 14.3 Å². The summed E-state index contributed by atoms with van der Waals surface area (Å²) in [6, 6.07) is -0.456. The maximum Gasteiger partial charge on any atom is 0.404 e. The zero-order chi connectivity index (χ0) is 8.97. The van der Waals surface area contributed by atoms with E-state index in [4.69, 9.17) is 16.0 Å². The van der Waals surface area contributed by atoms with Gasteiger partial charge in [0.05, 0.1) is 13.2 Å². The molecule has 1 heterocycles. The fourth-order valence-corrected chi connectivity index (χ4v) is 0.959. The molecule has 0 bridgehead atoms. The lowest BCUT2D eigenvalue weighted by Crippen LogP contribution is -2.30. The Labute approximate surface area is 68.1 Å². The van der Waals surface area contributed by atoms with Crippen LogP contribution in [0.2, 0.25) is 0 Å². The second-order valence-corrected chi connectivity index (χ2v) is 2.29. The van der Waals surface area contributed by atoms with Gasteiger partial charge in [0.1, 0.15) is 12.1 Å². The van der Waals surface area contributed by atoms with Gasteiger partial charge in [0.25, 0.3) is 0 Å². The van der Waals surface area contributed by atoms with Gasteiger partial charge < -0.3 is 15.2 Å². The molecule has 7 nitrogen and oxygen atoms in total. The van der Waals surface area contributed by atoms with E-state index >= 15 is 0 Å². The van der Waals surface area contributed by atoms with Gasteiger partial charge >= 0.3 is 6.09 Å². The van der Waals surface area contributed by atoms with Crippen LogP contribution in [0.4, 0.5) is 4.79 Å². The first kappa shape index (κ1) is 8.63. The highest BCUT2D eigenvalue weighted by Crippen LogP contribution is 2.13. The Bertz CT molecular complexity index is 225. The highest BCUT2D eigenvalue weighted by atomic mass is 16.6. The van der Waals surface area contributed by atoms with Gasteiger partial charge in [-0.15, -0.1) is 0 Å². The highest BCUT2D eigenvalue weighted by molar-refractivity contribution is 5.64. The summed E-state index contributed by atoms with van der Waals surface area (Å²) in [6.07, 6.45) is -1.43. The van der Waals surface area contributed by atoms with Gasteiger partial charge in [0, 0.05) is 4.91 Å². The molecule has 12 heavy (non-hydrogen) atoms. The van der Waals surface area contributed by atoms with Crippen molar-refractivity contribution in [2.24, 2.45) is 10.8 Å². The third-order valence-corrected chi connectivity index (χ3v) is 1.47. The summed E-state index contributed by atoms with van der Waals surface area (Å²) in [6.45, 7) is 0.495. The van der Waals surface area contributed by atoms with Gasteiger partial charge in [-0.2, -0.15) is 0 Å². The van der Waals surface area contributed by atoms with Gasteiger partial charge in [-0.25, -0.2) is 4.79 Å². The van der Waals surface area contributed by atoms with E-state index in [0.29, 0.717) is 0 Å². The number of nitrogens with zero attached hydrogens (tertiary/aromatic N) is 3. The van der Waals surface area contributed by atoms with E-state index in [1.165, 1.54) is 0 Å². The maximum absolute atomic E-state index is 10.3. The number of carbonyl (C=O) groups is 1. The molecule has 1 rings (SSSR count). The fraction of sp³-hybridized carbons (Fsp3) is 0.800. The second kappa shape index (κ2) is 3.80. The Kier molecular flexibility index (Phi) is 2.73. The average molecular weight is 172 g/mol. The number of rotatable bonds is 2. The number of ether oxygens (including phenoxy) is 2. The molecule has 7 heteroatoms. The van der Waals surface area contributed by atoms with E-state index in [9.17, 15) is 4.79 Å². The Hall–Kier alpha value is -1.46. The molecular weight excluding hydrogens is 164 g/mol. The summed E-state index contributed by atoms with van der Waals surface area (Å²) in [5.74, 6) is 0. The lowest BCUT2D eigenvalue weighted by Gasteiger charge is -2.11. The zero-order valence-corrected chi connectivity index (χ0v) is 6.21. The standard InChI is InChI=1S/C5H8N4O3/c6-5(10)12-4-2-11-1-3(4)8-9-7/h3-4H,1-2H2,(H2,6,10)/t3-,4-/m0/s1. The lowest BCUT2D eigenvalue weighted by molar-refractivity contribution is 0.0868. The molecule has 0 unspecified atom stereocenters. The van der Waals surface area contributed by atoms with Gasteiger partial charge in [0.15, 0.2) is 0 Å². The Morgan fingerprint density at radius 1 is 1.75 bits per heavy atom. The number of hydrogen-bond acceptors (Lipinski definition) is 4. The van der Waals surface area contributed by atoms with Crippen molar-refractivity contribution in [1.29, 1.82) is 0 Å². The van der Waals surface area contributed by atoms with Crippen molar-refractivity contribution in [3.63, 3.8) is 0 Å². The number of azide groups is 1. The predicted molar refractivity (Wildman–Crippen MR) is 38.2 cm³/mol. The van der Waals surface area contributed by atoms with Crippen LogP contribution in [-0.4, -0.2) is 31.5 Å². The molecule has 2 atom stereocenters. The van der Waals surface area contributed by atoms with Gasteiger partial charge in [0.2, 0.25) is 0 Å². The van der Waals surface area contributed by atoms with Gasteiger partial charge in [-0.3, -0.25) is 0 Å². The van der Waals surface area contributed by atoms with Gasteiger partial charge in [-0.1, -0.05) is 5.11 Å². The van der Waals surface area contributed by atoms with Crippen LogP contribution >= 0.6 is 0 Å². The fourth-order valence-electron chi connectivity index (χ4n) is 0.959. The minimum absolute atomic E-state index is 0.229. The molecule has 1 aliphatic rings. The number of carbonyl (C=O) groups excluding carboxylic acids is 1. The molecule has 1 amide bonds. The monoisotopic (exact) mass is 172 g/mol. The van der Waals surface area contributed by atoms with Crippen LogP contribution in [0.25, 0.3) is 10.4 Å². The van der Waals surface area contributed by atoms with E-state index in [1.54, 1.807) is 0 Å². The highest BCUT2D eigenvalue weighted by Gasteiger charge is 2.29. The van der Waals surface area contributed by atoms with Crippen LogP contribution in [-0.2, 0) is 9.47 Å². The topological polar surface area (TPSA) is 110 Å². The summed E-state index contributed by atoms with van der Waals surface area (Å²) in [7, 11) is 0. The number of hydrogen-bond donors (Lipinski definition) is 1. The molecule has 0 saturated carbocycles. The van der Waals surface area contributed by atoms with E-state index in [-0.39, 0.29) is 13.2 Å². The molecular formula is C5H8N4O3. The molecule has 0 radical (unpaired) electrons. The van der Waals surface area contributed by atoms with Crippen LogP contribution in [0.3, 0.4) is 0 Å².